The Morgan fingerprint density at radius 3 is 2.67 bits per heavy atom. The Kier molecular flexibility index (Phi) is 3.75. The van der Waals surface area contributed by atoms with Gasteiger partial charge in [-0.3, -0.25) is 4.79 Å². The summed E-state index contributed by atoms with van der Waals surface area (Å²) in [4.78, 5) is 13.3. The van der Waals surface area contributed by atoms with Crippen LogP contribution in [0.15, 0.2) is 18.2 Å². The molecule has 0 bridgehead atoms. The van der Waals surface area contributed by atoms with E-state index >= 15 is 0 Å². The van der Waals surface area contributed by atoms with Gasteiger partial charge in [-0.1, -0.05) is 12.8 Å². The van der Waals surface area contributed by atoms with Gasteiger partial charge in [0.25, 0.3) is 0 Å². The van der Waals surface area contributed by atoms with Crippen molar-refractivity contribution >= 4 is 17.3 Å². The lowest BCUT2D eigenvalue weighted by atomic mass is 10.1. The summed E-state index contributed by atoms with van der Waals surface area (Å²) >= 11 is 0. The SMILES string of the molecule is CN(CC1CCCC1)c1cc(C(N)=O)ccc1N. The molecule has 0 heterocycles. The molecule has 0 spiro atoms. The average molecular weight is 247 g/mol. The van der Waals surface area contributed by atoms with Gasteiger partial charge in [0, 0.05) is 19.2 Å². The summed E-state index contributed by atoms with van der Waals surface area (Å²) in [6.07, 6.45) is 5.24. The molecule has 0 saturated heterocycles. The van der Waals surface area contributed by atoms with Crippen LogP contribution in [-0.2, 0) is 0 Å². The van der Waals surface area contributed by atoms with Gasteiger partial charge in [0.2, 0.25) is 5.91 Å². The minimum atomic E-state index is -0.412. The lowest BCUT2D eigenvalue weighted by molar-refractivity contribution is 0.100. The van der Waals surface area contributed by atoms with Crippen LogP contribution >= 0.6 is 0 Å². The maximum Gasteiger partial charge on any atom is 0.248 e. The number of hydrogen-bond donors (Lipinski definition) is 2. The second-order valence-electron chi connectivity index (χ2n) is 5.17. The molecular weight excluding hydrogens is 226 g/mol. The number of carbonyl (C=O) groups excluding carboxylic acids is 1. The van der Waals surface area contributed by atoms with E-state index in [2.05, 4.69) is 4.90 Å². The summed E-state index contributed by atoms with van der Waals surface area (Å²) < 4.78 is 0. The molecule has 1 aromatic rings. The van der Waals surface area contributed by atoms with Crippen molar-refractivity contribution in [2.24, 2.45) is 11.7 Å². The highest BCUT2D eigenvalue weighted by atomic mass is 16.1. The maximum absolute atomic E-state index is 11.2. The molecule has 4 nitrogen and oxygen atoms in total. The first kappa shape index (κ1) is 12.7. The van der Waals surface area contributed by atoms with E-state index in [0.29, 0.717) is 11.3 Å². The Labute approximate surface area is 108 Å². The van der Waals surface area contributed by atoms with Gasteiger partial charge < -0.3 is 16.4 Å². The Morgan fingerprint density at radius 1 is 1.39 bits per heavy atom. The molecule has 1 aromatic carbocycles. The molecule has 4 heteroatoms. The smallest absolute Gasteiger partial charge is 0.248 e. The Bertz CT molecular complexity index is 439. The maximum atomic E-state index is 11.2. The number of anilines is 2. The Hall–Kier alpha value is -1.71. The monoisotopic (exact) mass is 247 g/mol. The molecule has 98 valence electrons. The summed E-state index contributed by atoms with van der Waals surface area (Å²) in [7, 11) is 2.02. The van der Waals surface area contributed by atoms with Crippen LogP contribution in [0.4, 0.5) is 11.4 Å². The van der Waals surface area contributed by atoms with Crippen LogP contribution in [-0.4, -0.2) is 19.5 Å². The molecule has 18 heavy (non-hydrogen) atoms. The van der Waals surface area contributed by atoms with Crippen molar-refractivity contribution in [1.82, 2.24) is 0 Å². The van der Waals surface area contributed by atoms with Crippen LogP contribution < -0.4 is 16.4 Å². The first-order valence-corrected chi connectivity index (χ1v) is 6.48. The normalized spacial score (nSPS) is 15.8. The number of nitrogens with two attached hydrogens (primary N) is 2. The number of amides is 1. The number of nitrogen functional groups attached to an aromatic ring is 1. The fourth-order valence-electron chi connectivity index (χ4n) is 2.71. The van der Waals surface area contributed by atoms with Crippen LogP contribution in [0.1, 0.15) is 36.0 Å². The zero-order valence-corrected chi connectivity index (χ0v) is 10.9. The third kappa shape index (κ3) is 2.75. The number of carbonyl (C=O) groups is 1. The minimum absolute atomic E-state index is 0.412. The van der Waals surface area contributed by atoms with Crippen molar-refractivity contribution in [1.29, 1.82) is 0 Å². The first-order chi connectivity index (χ1) is 8.58. The van der Waals surface area contributed by atoms with Gasteiger partial charge >= 0.3 is 0 Å². The van der Waals surface area contributed by atoms with Gasteiger partial charge in [-0.2, -0.15) is 0 Å². The van der Waals surface area contributed by atoms with Crippen molar-refractivity contribution in [2.75, 3.05) is 24.2 Å². The zero-order valence-electron chi connectivity index (χ0n) is 10.9. The summed E-state index contributed by atoms with van der Waals surface area (Å²) in [5.74, 6) is 0.331. The number of rotatable bonds is 4. The predicted octanol–water partition coefficient (Wildman–Crippen LogP) is 1.99. The molecule has 4 N–H and O–H groups in total. The molecular formula is C14H21N3O. The minimum Gasteiger partial charge on any atom is -0.397 e. The third-order valence-electron chi connectivity index (χ3n) is 3.73. The summed E-state index contributed by atoms with van der Waals surface area (Å²) in [5, 5.41) is 0. The molecule has 2 rings (SSSR count). The van der Waals surface area contributed by atoms with Crippen molar-refractivity contribution < 1.29 is 4.79 Å². The number of primary amides is 1. The van der Waals surface area contributed by atoms with Crippen molar-refractivity contribution in [3.05, 3.63) is 23.8 Å². The summed E-state index contributed by atoms with van der Waals surface area (Å²) in [6.45, 7) is 0.992. The van der Waals surface area contributed by atoms with E-state index in [4.69, 9.17) is 11.5 Å². The standard InChI is InChI=1S/C14H21N3O/c1-17(9-10-4-2-3-5-10)13-8-11(14(16)18)6-7-12(13)15/h6-8,10H,2-5,9,15H2,1H3,(H2,16,18). The molecule has 1 aliphatic carbocycles. The first-order valence-electron chi connectivity index (χ1n) is 6.48. The van der Waals surface area contributed by atoms with E-state index < -0.39 is 5.91 Å². The van der Waals surface area contributed by atoms with Crippen molar-refractivity contribution in [3.8, 4) is 0 Å². The highest BCUT2D eigenvalue weighted by molar-refractivity contribution is 5.95. The van der Waals surface area contributed by atoms with Gasteiger partial charge in [0.15, 0.2) is 0 Å². The van der Waals surface area contributed by atoms with Crippen LogP contribution in [0.25, 0.3) is 0 Å². The second kappa shape index (κ2) is 5.29. The molecule has 0 aliphatic heterocycles. The molecule has 1 saturated carbocycles. The van der Waals surface area contributed by atoms with E-state index in [1.807, 2.05) is 7.05 Å². The lowest BCUT2D eigenvalue weighted by Gasteiger charge is -2.24. The lowest BCUT2D eigenvalue weighted by Crippen LogP contribution is -2.25. The van der Waals surface area contributed by atoms with Crippen molar-refractivity contribution in [2.45, 2.75) is 25.7 Å². The Morgan fingerprint density at radius 2 is 2.06 bits per heavy atom. The summed E-state index contributed by atoms with van der Waals surface area (Å²) in [6, 6.07) is 5.21. The van der Waals surface area contributed by atoms with Gasteiger partial charge in [0.1, 0.15) is 0 Å². The third-order valence-corrected chi connectivity index (χ3v) is 3.73. The topological polar surface area (TPSA) is 72.3 Å². The molecule has 1 aliphatic rings. The number of nitrogens with zero attached hydrogens (tertiary/aromatic N) is 1. The van der Waals surface area contributed by atoms with E-state index in [9.17, 15) is 4.79 Å². The zero-order chi connectivity index (χ0) is 13.1. The summed E-state index contributed by atoms with van der Waals surface area (Å²) in [5.41, 5.74) is 13.4. The van der Waals surface area contributed by atoms with E-state index in [0.717, 1.165) is 18.2 Å². The number of benzene rings is 1. The average Bonchev–Trinajstić information content (AvgIpc) is 2.81. The van der Waals surface area contributed by atoms with Gasteiger partial charge in [-0.05, 0) is 37.0 Å². The molecule has 1 fully saturated rings. The van der Waals surface area contributed by atoms with Gasteiger partial charge in [0.05, 0.1) is 11.4 Å². The number of hydrogen-bond acceptors (Lipinski definition) is 3. The molecule has 0 atom stereocenters. The van der Waals surface area contributed by atoms with Gasteiger partial charge in [-0.25, -0.2) is 0 Å². The van der Waals surface area contributed by atoms with Crippen LogP contribution in [0, 0.1) is 5.92 Å². The second-order valence-corrected chi connectivity index (χ2v) is 5.17. The highest BCUT2D eigenvalue weighted by Gasteiger charge is 2.18. The van der Waals surface area contributed by atoms with Crippen LogP contribution in [0.3, 0.4) is 0 Å². The molecule has 0 unspecified atom stereocenters. The van der Waals surface area contributed by atoms with Crippen LogP contribution in [0.2, 0.25) is 0 Å². The fraction of sp³-hybridized carbons (Fsp3) is 0.500. The van der Waals surface area contributed by atoms with E-state index in [1.165, 1.54) is 25.7 Å². The van der Waals surface area contributed by atoms with Crippen molar-refractivity contribution in [3.63, 3.8) is 0 Å². The van der Waals surface area contributed by atoms with Crippen LogP contribution in [0.5, 0.6) is 0 Å². The quantitative estimate of drug-likeness (QED) is 0.799. The molecule has 0 aromatic heterocycles. The highest BCUT2D eigenvalue weighted by Crippen LogP contribution is 2.29. The van der Waals surface area contributed by atoms with Gasteiger partial charge in [-0.15, -0.1) is 0 Å². The Balaban J connectivity index is 2.14. The largest absolute Gasteiger partial charge is 0.397 e. The fourth-order valence-corrected chi connectivity index (χ4v) is 2.71. The molecule has 0 radical (unpaired) electrons. The predicted molar refractivity (Wildman–Crippen MR) is 74.6 cm³/mol. The van der Waals surface area contributed by atoms with E-state index in [1.54, 1.807) is 18.2 Å². The van der Waals surface area contributed by atoms with E-state index in [-0.39, 0.29) is 0 Å². The molecule has 1 amide bonds.